The lowest BCUT2D eigenvalue weighted by Crippen LogP contribution is -1.94. The van der Waals surface area contributed by atoms with Crippen molar-refractivity contribution in [2.45, 2.75) is 16.7 Å². The Labute approximate surface area is 113 Å². The van der Waals surface area contributed by atoms with Gasteiger partial charge in [-0.15, -0.1) is 0 Å². The summed E-state index contributed by atoms with van der Waals surface area (Å²) in [5.41, 5.74) is 0.772. The summed E-state index contributed by atoms with van der Waals surface area (Å²) in [5, 5.41) is 0. The Morgan fingerprint density at radius 1 is 1.00 bits per heavy atom. The first-order valence-corrected chi connectivity index (χ1v) is 6.82. The van der Waals surface area contributed by atoms with E-state index in [-0.39, 0.29) is 5.78 Å². The van der Waals surface area contributed by atoms with Crippen molar-refractivity contribution in [1.29, 1.82) is 0 Å². The molecule has 0 saturated carbocycles. The van der Waals surface area contributed by atoms with Crippen LogP contribution in [0, 0.1) is 0 Å². The summed E-state index contributed by atoms with van der Waals surface area (Å²) in [7, 11) is 0. The van der Waals surface area contributed by atoms with Crippen LogP contribution < -0.4 is 0 Å². The molecule has 2 aromatic carbocycles. The van der Waals surface area contributed by atoms with Crippen molar-refractivity contribution in [2.75, 3.05) is 0 Å². The summed E-state index contributed by atoms with van der Waals surface area (Å²) in [6, 6.07) is 15.7. The fourth-order valence-corrected chi connectivity index (χ4v) is 3.04. The zero-order valence-electron chi connectivity index (χ0n) is 9.31. The second-order valence-corrected chi connectivity index (χ2v) is 5.52. The summed E-state index contributed by atoms with van der Waals surface area (Å²) in [6.07, 6.45) is 0. The first-order valence-electron chi connectivity index (χ1n) is 5.21. The van der Waals surface area contributed by atoms with Crippen molar-refractivity contribution < 1.29 is 4.79 Å². The third kappa shape index (κ3) is 2.99. The molecule has 0 radical (unpaired) electrons. The number of rotatable bonds is 3. The molecule has 17 heavy (non-hydrogen) atoms. The normalized spacial score (nSPS) is 10.2. The zero-order valence-corrected chi connectivity index (χ0v) is 11.7. The van der Waals surface area contributed by atoms with E-state index in [9.17, 15) is 4.79 Å². The molecule has 0 aliphatic heterocycles. The predicted molar refractivity (Wildman–Crippen MR) is 74.7 cm³/mol. The molecule has 0 aromatic heterocycles. The molecule has 0 fully saturated rings. The topological polar surface area (TPSA) is 17.1 Å². The maximum Gasteiger partial charge on any atom is 0.160 e. The van der Waals surface area contributed by atoms with Crippen LogP contribution in [0.3, 0.4) is 0 Å². The number of carbonyl (C=O) groups is 1. The smallest absolute Gasteiger partial charge is 0.160 e. The van der Waals surface area contributed by atoms with Crippen molar-refractivity contribution >= 4 is 33.5 Å². The standard InChI is InChI=1S/C14H11BrOS/c1-10(16)11-6-2-4-8-13(11)17-14-9-5-3-7-12(14)15/h2-9H,1H3. The predicted octanol–water partition coefficient (Wildman–Crippen LogP) is 4.80. The molecule has 1 nitrogen and oxygen atoms in total. The maximum absolute atomic E-state index is 11.5. The van der Waals surface area contributed by atoms with Crippen LogP contribution in [0.25, 0.3) is 0 Å². The highest BCUT2D eigenvalue weighted by molar-refractivity contribution is 9.10. The maximum atomic E-state index is 11.5. The van der Waals surface area contributed by atoms with E-state index >= 15 is 0 Å². The summed E-state index contributed by atoms with van der Waals surface area (Å²) in [5.74, 6) is 0.0974. The van der Waals surface area contributed by atoms with Crippen LogP contribution in [-0.4, -0.2) is 5.78 Å². The summed E-state index contributed by atoms with van der Waals surface area (Å²) < 4.78 is 1.04. The van der Waals surface area contributed by atoms with E-state index < -0.39 is 0 Å². The van der Waals surface area contributed by atoms with Gasteiger partial charge in [0.25, 0.3) is 0 Å². The van der Waals surface area contributed by atoms with Crippen LogP contribution >= 0.6 is 27.7 Å². The molecule has 2 aromatic rings. The Kier molecular flexibility index (Phi) is 4.02. The van der Waals surface area contributed by atoms with Crippen LogP contribution in [0.4, 0.5) is 0 Å². The molecule has 0 bridgehead atoms. The van der Waals surface area contributed by atoms with Gasteiger partial charge in [-0.25, -0.2) is 0 Å². The van der Waals surface area contributed by atoms with Gasteiger partial charge < -0.3 is 0 Å². The first kappa shape index (κ1) is 12.4. The third-order valence-corrected chi connectivity index (χ3v) is 4.43. The van der Waals surface area contributed by atoms with Gasteiger partial charge in [0.15, 0.2) is 5.78 Å². The fraction of sp³-hybridized carbons (Fsp3) is 0.0714. The molecule has 0 unspecified atom stereocenters. The van der Waals surface area contributed by atoms with Crippen LogP contribution in [-0.2, 0) is 0 Å². The van der Waals surface area contributed by atoms with Crippen molar-refractivity contribution in [3.8, 4) is 0 Å². The second-order valence-electron chi connectivity index (χ2n) is 3.58. The van der Waals surface area contributed by atoms with Gasteiger partial charge in [-0.05, 0) is 41.1 Å². The number of Topliss-reactive ketones (excluding diaryl/α,β-unsaturated/α-hetero) is 1. The minimum atomic E-state index is 0.0974. The molecule has 0 N–H and O–H groups in total. The molecule has 3 heteroatoms. The lowest BCUT2D eigenvalue weighted by atomic mass is 10.1. The lowest BCUT2D eigenvalue weighted by molar-refractivity contribution is 0.101. The molecule has 0 spiro atoms. The monoisotopic (exact) mass is 306 g/mol. The number of hydrogen-bond acceptors (Lipinski definition) is 2. The quantitative estimate of drug-likeness (QED) is 0.757. The average molecular weight is 307 g/mol. The van der Waals surface area contributed by atoms with Crippen LogP contribution in [0.15, 0.2) is 62.8 Å². The minimum Gasteiger partial charge on any atom is -0.294 e. The van der Waals surface area contributed by atoms with Crippen LogP contribution in [0.1, 0.15) is 17.3 Å². The number of halogens is 1. The van der Waals surface area contributed by atoms with Gasteiger partial charge in [-0.3, -0.25) is 4.79 Å². The summed E-state index contributed by atoms with van der Waals surface area (Å²) >= 11 is 5.11. The molecular formula is C14H11BrOS. The van der Waals surface area contributed by atoms with Gasteiger partial charge >= 0.3 is 0 Å². The van der Waals surface area contributed by atoms with E-state index in [1.165, 1.54) is 0 Å². The van der Waals surface area contributed by atoms with Gasteiger partial charge in [0.05, 0.1) is 0 Å². The Hall–Kier alpha value is -1.06. The second kappa shape index (κ2) is 5.52. The largest absolute Gasteiger partial charge is 0.294 e. The van der Waals surface area contributed by atoms with Gasteiger partial charge in [-0.1, -0.05) is 42.1 Å². The van der Waals surface area contributed by atoms with E-state index in [2.05, 4.69) is 15.9 Å². The molecular weight excluding hydrogens is 296 g/mol. The average Bonchev–Trinajstić information content (AvgIpc) is 2.32. The van der Waals surface area contributed by atoms with Gasteiger partial charge in [0, 0.05) is 19.8 Å². The highest BCUT2D eigenvalue weighted by atomic mass is 79.9. The Morgan fingerprint density at radius 3 is 2.24 bits per heavy atom. The van der Waals surface area contributed by atoms with Crippen LogP contribution in [0.5, 0.6) is 0 Å². The van der Waals surface area contributed by atoms with Crippen molar-refractivity contribution in [3.05, 3.63) is 58.6 Å². The molecule has 0 saturated heterocycles. The first-order chi connectivity index (χ1) is 8.18. The van der Waals surface area contributed by atoms with Crippen molar-refractivity contribution in [3.63, 3.8) is 0 Å². The molecule has 2 rings (SSSR count). The molecule has 0 amide bonds. The van der Waals surface area contributed by atoms with Crippen LogP contribution in [0.2, 0.25) is 0 Å². The summed E-state index contributed by atoms with van der Waals surface area (Å²) in [6.45, 7) is 1.60. The van der Waals surface area contributed by atoms with E-state index in [1.54, 1.807) is 18.7 Å². The van der Waals surface area contributed by atoms with Gasteiger partial charge in [-0.2, -0.15) is 0 Å². The van der Waals surface area contributed by atoms with E-state index in [0.29, 0.717) is 0 Å². The Balaban J connectivity index is 2.37. The molecule has 0 aliphatic carbocycles. The molecule has 0 aliphatic rings. The fourth-order valence-electron chi connectivity index (χ4n) is 1.49. The van der Waals surface area contributed by atoms with E-state index in [1.807, 2.05) is 48.5 Å². The minimum absolute atomic E-state index is 0.0974. The van der Waals surface area contributed by atoms with E-state index in [0.717, 1.165) is 19.8 Å². The summed E-state index contributed by atoms with van der Waals surface area (Å²) in [4.78, 5) is 13.6. The van der Waals surface area contributed by atoms with E-state index in [4.69, 9.17) is 0 Å². The number of ketones is 1. The van der Waals surface area contributed by atoms with Crippen molar-refractivity contribution in [1.82, 2.24) is 0 Å². The molecule has 0 heterocycles. The van der Waals surface area contributed by atoms with Gasteiger partial charge in [0.1, 0.15) is 0 Å². The molecule has 0 atom stereocenters. The number of benzene rings is 2. The zero-order chi connectivity index (χ0) is 12.3. The number of hydrogen-bond donors (Lipinski definition) is 0. The Bertz CT molecular complexity index is 551. The SMILES string of the molecule is CC(=O)c1ccccc1Sc1ccccc1Br. The van der Waals surface area contributed by atoms with Crippen molar-refractivity contribution in [2.24, 2.45) is 0 Å². The highest BCUT2D eigenvalue weighted by Crippen LogP contribution is 2.35. The molecule has 86 valence electrons. The highest BCUT2D eigenvalue weighted by Gasteiger charge is 2.08. The number of carbonyl (C=O) groups excluding carboxylic acids is 1. The van der Waals surface area contributed by atoms with Gasteiger partial charge in [0.2, 0.25) is 0 Å². The lowest BCUT2D eigenvalue weighted by Gasteiger charge is -2.07. The third-order valence-electron chi connectivity index (χ3n) is 2.32. The Morgan fingerprint density at radius 2 is 1.59 bits per heavy atom.